The number of hydrogen-bond donors (Lipinski definition) is 1. The third-order valence-corrected chi connectivity index (χ3v) is 8.88. The summed E-state index contributed by atoms with van der Waals surface area (Å²) in [5.41, 5.74) is 8.11. The molecule has 0 spiro atoms. The van der Waals surface area contributed by atoms with Gasteiger partial charge in [0.1, 0.15) is 11.5 Å². The summed E-state index contributed by atoms with van der Waals surface area (Å²) in [7, 11) is 0. The van der Waals surface area contributed by atoms with Gasteiger partial charge < -0.3 is 15.4 Å². The number of thiazole rings is 1. The average Bonchev–Trinajstić information content (AvgIpc) is 3.56. The second-order valence-electron chi connectivity index (χ2n) is 9.26. The highest BCUT2D eigenvalue weighted by molar-refractivity contribution is 7.16. The van der Waals surface area contributed by atoms with Gasteiger partial charge in [0.05, 0.1) is 34.6 Å². The van der Waals surface area contributed by atoms with Gasteiger partial charge in [-0.15, -0.1) is 11.3 Å². The molecule has 2 saturated heterocycles. The number of nitrogens with two attached hydrogens (primary N) is 1. The lowest BCUT2D eigenvalue weighted by Crippen LogP contribution is -2.36. The second kappa shape index (κ2) is 10.7. The average molecular weight is 588 g/mol. The zero-order valence-electron chi connectivity index (χ0n) is 20.7. The number of anilines is 3. The van der Waals surface area contributed by atoms with E-state index in [4.69, 9.17) is 38.7 Å². The third-order valence-electron chi connectivity index (χ3n) is 6.89. The standard InChI is InChI=1S/C26H24Cl2FN7O2S/c27-17-3-2-16(14-18(17)28)35-7-8-36(26(35)37)21-13-15(1-4-19(21)29)23-22(20-5-6-31-24(30)32-20)33-25(39-23)34-9-11-38-12-10-34/h1-6,14-15H,7-13H2,(H2,30,31,32). The van der Waals surface area contributed by atoms with Crippen LogP contribution in [-0.4, -0.2) is 65.3 Å². The van der Waals surface area contributed by atoms with E-state index < -0.39 is 5.83 Å². The predicted molar refractivity (Wildman–Crippen MR) is 151 cm³/mol. The Morgan fingerprint density at radius 1 is 1.05 bits per heavy atom. The Morgan fingerprint density at radius 2 is 1.85 bits per heavy atom. The second-order valence-corrected chi connectivity index (χ2v) is 11.1. The van der Waals surface area contributed by atoms with E-state index in [1.165, 1.54) is 11.0 Å². The van der Waals surface area contributed by atoms with Crippen molar-refractivity contribution in [3.63, 3.8) is 0 Å². The van der Waals surface area contributed by atoms with Crippen LogP contribution in [0.2, 0.25) is 10.0 Å². The van der Waals surface area contributed by atoms with Crippen LogP contribution in [0.1, 0.15) is 17.2 Å². The highest BCUT2D eigenvalue weighted by Gasteiger charge is 2.36. The number of urea groups is 1. The normalized spacial score (nSPS) is 19.9. The number of nitrogen functional groups attached to an aromatic ring is 1. The van der Waals surface area contributed by atoms with E-state index in [1.807, 2.05) is 6.08 Å². The van der Waals surface area contributed by atoms with Gasteiger partial charge in [-0.25, -0.2) is 24.1 Å². The molecule has 2 N–H and O–H groups in total. The summed E-state index contributed by atoms with van der Waals surface area (Å²) < 4.78 is 20.8. The van der Waals surface area contributed by atoms with Crippen molar-refractivity contribution < 1.29 is 13.9 Å². The van der Waals surface area contributed by atoms with Crippen LogP contribution >= 0.6 is 34.5 Å². The number of nitrogens with zero attached hydrogens (tertiary/aromatic N) is 6. The van der Waals surface area contributed by atoms with Gasteiger partial charge in [0.15, 0.2) is 5.13 Å². The molecule has 3 aliphatic rings. The number of allylic oxidation sites excluding steroid dienone is 4. The molecule has 0 radical (unpaired) electrons. The number of benzene rings is 1. The van der Waals surface area contributed by atoms with Crippen molar-refractivity contribution in [2.24, 2.45) is 0 Å². The van der Waals surface area contributed by atoms with Crippen LogP contribution in [0, 0.1) is 0 Å². The quantitative estimate of drug-likeness (QED) is 0.421. The number of aromatic nitrogens is 3. The molecule has 6 rings (SSSR count). The van der Waals surface area contributed by atoms with Crippen LogP contribution in [0.15, 0.2) is 54.1 Å². The fourth-order valence-electron chi connectivity index (χ4n) is 4.92. The van der Waals surface area contributed by atoms with E-state index in [1.54, 1.807) is 46.7 Å². The number of morpholine rings is 1. The maximum absolute atomic E-state index is 15.3. The van der Waals surface area contributed by atoms with Gasteiger partial charge in [-0.3, -0.25) is 9.80 Å². The number of ether oxygens (including phenoxy) is 1. The van der Waals surface area contributed by atoms with Crippen LogP contribution in [0.4, 0.5) is 26.0 Å². The molecule has 39 heavy (non-hydrogen) atoms. The van der Waals surface area contributed by atoms with E-state index in [0.717, 1.165) is 23.1 Å². The lowest BCUT2D eigenvalue weighted by Gasteiger charge is -2.27. The lowest BCUT2D eigenvalue weighted by atomic mass is 9.94. The molecule has 2 fully saturated rings. The minimum atomic E-state index is -0.429. The number of rotatable bonds is 5. The van der Waals surface area contributed by atoms with Crippen LogP contribution in [0.3, 0.4) is 0 Å². The highest BCUT2D eigenvalue weighted by Crippen LogP contribution is 2.44. The van der Waals surface area contributed by atoms with Gasteiger partial charge in [0.2, 0.25) is 5.95 Å². The van der Waals surface area contributed by atoms with Gasteiger partial charge >= 0.3 is 6.03 Å². The van der Waals surface area contributed by atoms with E-state index in [-0.39, 0.29) is 17.9 Å². The largest absolute Gasteiger partial charge is 0.378 e. The molecule has 202 valence electrons. The maximum atomic E-state index is 15.3. The number of amides is 2. The third kappa shape index (κ3) is 5.07. The van der Waals surface area contributed by atoms with Crippen LogP contribution < -0.4 is 15.5 Å². The maximum Gasteiger partial charge on any atom is 0.328 e. The predicted octanol–water partition coefficient (Wildman–Crippen LogP) is 5.49. The molecule has 4 heterocycles. The van der Waals surface area contributed by atoms with Gasteiger partial charge in [-0.1, -0.05) is 29.3 Å². The van der Waals surface area contributed by atoms with Crippen molar-refractivity contribution in [3.05, 3.63) is 69.1 Å². The highest BCUT2D eigenvalue weighted by atomic mass is 35.5. The summed E-state index contributed by atoms with van der Waals surface area (Å²) in [5.74, 6) is -0.499. The summed E-state index contributed by atoms with van der Waals surface area (Å²) in [5, 5.41) is 1.60. The number of carbonyl (C=O) groups excluding carboxylic acids is 1. The van der Waals surface area contributed by atoms with Crippen molar-refractivity contribution in [1.29, 1.82) is 0 Å². The number of carbonyl (C=O) groups is 1. The molecule has 3 aromatic rings. The first-order chi connectivity index (χ1) is 18.9. The lowest BCUT2D eigenvalue weighted by molar-refractivity contribution is 0.122. The molecule has 2 aromatic heterocycles. The first-order valence-electron chi connectivity index (χ1n) is 12.4. The molecule has 1 unspecified atom stereocenters. The molecule has 2 amide bonds. The zero-order chi connectivity index (χ0) is 27.1. The minimum Gasteiger partial charge on any atom is -0.378 e. The van der Waals surface area contributed by atoms with E-state index in [0.29, 0.717) is 65.5 Å². The molecule has 1 aromatic carbocycles. The summed E-state index contributed by atoms with van der Waals surface area (Å²) in [6, 6.07) is 6.47. The first-order valence-corrected chi connectivity index (χ1v) is 14.0. The molecule has 0 saturated carbocycles. The van der Waals surface area contributed by atoms with Gasteiger partial charge in [-0.05, 0) is 30.3 Å². The number of hydrogen-bond acceptors (Lipinski definition) is 8. The fraction of sp³-hybridized carbons (Fsp3) is 0.308. The van der Waals surface area contributed by atoms with Gasteiger partial charge in [-0.2, -0.15) is 0 Å². The van der Waals surface area contributed by atoms with Gasteiger partial charge in [0, 0.05) is 55.3 Å². The Morgan fingerprint density at radius 3 is 2.62 bits per heavy atom. The molecule has 13 heteroatoms. The van der Waals surface area contributed by atoms with Crippen LogP contribution in [0.5, 0.6) is 0 Å². The zero-order valence-corrected chi connectivity index (χ0v) is 23.0. The Labute approximate surface area is 238 Å². The summed E-state index contributed by atoms with van der Waals surface area (Å²) >= 11 is 13.8. The topological polar surface area (TPSA) is 101 Å². The first kappa shape index (κ1) is 26.0. The monoisotopic (exact) mass is 587 g/mol. The summed E-state index contributed by atoms with van der Waals surface area (Å²) in [4.78, 5) is 32.9. The van der Waals surface area contributed by atoms with Gasteiger partial charge in [0.25, 0.3) is 0 Å². The SMILES string of the molecule is Nc1nccc(-c2nc(N3CCOCC3)sc2C2C=CC(F)=C(N3CCN(c4ccc(Cl)c(Cl)c4)C3=O)C2)n1. The number of halogens is 3. The Hall–Kier alpha value is -3.25. The smallest absolute Gasteiger partial charge is 0.328 e. The van der Waals surface area contributed by atoms with Crippen molar-refractivity contribution >= 4 is 57.3 Å². The minimum absolute atomic E-state index is 0.148. The molecule has 0 bridgehead atoms. The molecule has 1 aliphatic carbocycles. The van der Waals surface area contributed by atoms with Crippen LogP contribution in [0.25, 0.3) is 11.4 Å². The van der Waals surface area contributed by atoms with Crippen molar-refractivity contribution in [3.8, 4) is 11.4 Å². The molecule has 2 aliphatic heterocycles. The molecule has 9 nitrogen and oxygen atoms in total. The van der Waals surface area contributed by atoms with Crippen molar-refractivity contribution in [1.82, 2.24) is 19.9 Å². The van der Waals surface area contributed by atoms with Crippen LogP contribution in [-0.2, 0) is 4.74 Å². The van der Waals surface area contributed by atoms with E-state index in [9.17, 15) is 4.79 Å². The Kier molecular flexibility index (Phi) is 7.15. The summed E-state index contributed by atoms with van der Waals surface area (Å²) in [6.45, 7) is 3.45. The van der Waals surface area contributed by atoms with E-state index >= 15 is 4.39 Å². The van der Waals surface area contributed by atoms with Crippen molar-refractivity contribution in [2.75, 3.05) is 54.9 Å². The summed E-state index contributed by atoms with van der Waals surface area (Å²) in [6.07, 6.45) is 5.14. The Balaban J connectivity index is 1.30. The van der Waals surface area contributed by atoms with Crippen molar-refractivity contribution in [2.45, 2.75) is 12.3 Å². The molecular weight excluding hydrogens is 564 g/mol. The molecule has 1 atom stereocenters. The fourth-order valence-corrected chi connectivity index (χ4v) is 6.42. The van der Waals surface area contributed by atoms with E-state index in [2.05, 4.69) is 14.9 Å². The molecular formula is C26H24Cl2FN7O2S. The Bertz CT molecular complexity index is 1490.